The van der Waals surface area contributed by atoms with Gasteiger partial charge in [-0.3, -0.25) is 10.2 Å². The summed E-state index contributed by atoms with van der Waals surface area (Å²) in [4.78, 5) is 13.6. The number of nitrogens with one attached hydrogen (secondary N) is 2. The zero-order valence-electron chi connectivity index (χ0n) is 13.1. The third kappa shape index (κ3) is 4.76. The maximum atomic E-state index is 13.5. The van der Waals surface area contributed by atoms with Gasteiger partial charge in [-0.25, -0.2) is 12.8 Å². The van der Waals surface area contributed by atoms with Gasteiger partial charge in [0.05, 0.1) is 16.5 Å². The fraction of sp³-hybridized carbons (Fsp3) is 0.125. The van der Waals surface area contributed by atoms with E-state index in [1.165, 1.54) is 49.4 Å². The highest BCUT2D eigenvalue weighted by molar-refractivity contribution is 7.89. The van der Waals surface area contributed by atoms with Crippen LogP contribution in [0.2, 0.25) is 0 Å². The van der Waals surface area contributed by atoms with Crippen LogP contribution in [0.15, 0.2) is 53.4 Å². The van der Waals surface area contributed by atoms with Crippen molar-refractivity contribution >= 4 is 15.9 Å². The van der Waals surface area contributed by atoms with Crippen molar-refractivity contribution in [2.24, 2.45) is 0 Å². The lowest BCUT2D eigenvalue weighted by Crippen LogP contribution is -2.47. The van der Waals surface area contributed by atoms with Crippen molar-refractivity contribution in [1.82, 2.24) is 10.3 Å². The first kappa shape index (κ1) is 18.4. The zero-order chi connectivity index (χ0) is 18.4. The number of ether oxygens (including phenoxy) is 1. The molecule has 0 aliphatic rings. The third-order valence-corrected chi connectivity index (χ3v) is 4.34. The second kappa shape index (κ2) is 7.74. The van der Waals surface area contributed by atoms with E-state index in [1.807, 2.05) is 16.3 Å². The Labute approximate surface area is 144 Å². The molecular formula is C16H14FN3O4S. The van der Waals surface area contributed by atoms with Gasteiger partial charge in [-0.2, -0.15) is 5.26 Å². The quantitative estimate of drug-likeness (QED) is 0.756. The molecule has 0 saturated heterocycles. The fourth-order valence-electron chi connectivity index (χ4n) is 1.80. The molecule has 2 aromatic carbocycles. The van der Waals surface area contributed by atoms with Gasteiger partial charge in [0.2, 0.25) is 0 Å². The van der Waals surface area contributed by atoms with Crippen molar-refractivity contribution in [3.63, 3.8) is 0 Å². The normalized spacial score (nSPS) is 12.0. The number of nitrogens with zero attached hydrogens (tertiary/aromatic N) is 1. The van der Waals surface area contributed by atoms with E-state index >= 15 is 0 Å². The van der Waals surface area contributed by atoms with Gasteiger partial charge in [0.1, 0.15) is 0 Å². The number of carbonyl (C=O) groups is 1. The van der Waals surface area contributed by atoms with E-state index in [0.29, 0.717) is 0 Å². The minimum absolute atomic E-state index is 0.130. The standard InChI is InChI=1S/C16H14FN3O4S/c1-11(24-15-8-3-2-7-14(15)17)16(21)19-20-25(22,23)13-6-4-5-12(9-13)10-18/h2-9,11,20H,1H3,(H,19,21)/t11-/m0/s1. The number of rotatable bonds is 6. The van der Waals surface area contributed by atoms with Crippen molar-refractivity contribution in [3.8, 4) is 11.8 Å². The summed E-state index contributed by atoms with van der Waals surface area (Å²) in [5, 5.41) is 8.80. The number of nitriles is 1. The van der Waals surface area contributed by atoms with Crippen molar-refractivity contribution in [2.75, 3.05) is 0 Å². The van der Waals surface area contributed by atoms with E-state index in [2.05, 4.69) is 0 Å². The number of hydrogen-bond donors (Lipinski definition) is 2. The molecule has 0 fully saturated rings. The molecule has 0 aromatic heterocycles. The molecule has 0 aliphatic carbocycles. The lowest BCUT2D eigenvalue weighted by atomic mass is 10.2. The van der Waals surface area contributed by atoms with Gasteiger partial charge in [0.15, 0.2) is 17.7 Å². The maximum Gasteiger partial charge on any atom is 0.275 e. The Morgan fingerprint density at radius 3 is 2.64 bits per heavy atom. The highest BCUT2D eigenvalue weighted by atomic mass is 32.2. The van der Waals surface area contributed by atoms with Crippen LogP contribution in [0.3, 0.4) is 0 Å². The molecule has 0 spiro atoms. The van der Waals surface area contributed by atoms with Crippen LogP contribution >= 0.6 is 0 Å². The minimum Gasteiger partial charge on any atom is -0.478 e. The Morgan fingerprint density at radius 2 is 1.96 bits per heavy atom. The molecule has 1 atom stereocenters. The summed E-state index contributed by atoms with van der Waals surface area (Å²) in [6.07, 6.45) is -1.15. The Balaban J connectivity index is 2.01. The Kier molecular flexibility index (Phi) is 5.69. The number of benzene rings is 2. The van der Waals surface area contributed by atoms with E-state index in [4.69, 9.17) is 10.00 Å². The first-order valence-corrected chi connectivity index (χ1v) is 8.55. The average molecular weight is 363 g/mol. The first-order chi connectivity index (χ1) is 11.8. The Hall–Kier alpha value is -2.96. The van der Waals surface area contributed by atoms with Crippen molar-refractivity contribution in [3.05, 3.63) is 59.9 Å². The molecule has 0 aliphatic heterocycles. The lowest BCUT2D eigenvalue weighted by Gasteiger charge is -2.15. The molecule has 130 valence electrons. The zero-order valence-corrected chi connectivity index (χ0v) is 13.9. The van der Waals surface area contributed by atoms with Crippen LogP contribution in [0.5, 0.6) is 5.75 Å². The van der Waals surface area contributed by atoms with Gasteiger partial charge < -0.3 is 4.74 Å². The summed E-state index contributed by atoms with van der Waals surface area (Å²) in [6.45, 7) is 1.34. The second-order valence-electron chi connectivity index (χ2n) is 4.92. The Bertz CT molecular complexity index is 925. The number of para-hydroxylation sites is 1. The number of sulfonamides is 1. The van der Waals surface area contributed by atoms with Crippen molar-refractivity contribution in [1.29, 1.82) is 5.26 Å². The SMILES string of the molecule is C[C@H](Oc1ccccc1F)C(=O)NNS(=O)(=O)c1cccc(C#N)c1. The number of amides is 1. The predicted octanol–water partition coefficient (Wildman–Crippen LogP) is 1.47. The number of halogens is 1. The summed E-state index contributed by atoms with van der Waals surface area (Å²) in [5.41, 5.74) is 2.15. The fourth-order valence-corrected chi connectivity index (χ4v) is 2.69. The molecule has 7 nitrogen and oxygen atoms in total. The van der Waals surface area contributed by atoms with Crippen LogP contribution in [0.1, 0.15) is 12.5 Å². The lowest BCUT2D eigenvalue weighted by molar-refractivity contribution is -0.127. The molecule has 0 unspecified atom stereocenters. The van der Waals surface area contributed by atoms with Gasteiger partial charge in [-0.15, -0.1) is 4.83 Å². The van der Waals surface area contributed by atoms with E-state index in [-0.39, 0.29) is 16.2 Å². The molecule has 2 rings (SSSR count). The summed E-state index contributed by atoms with van der Waals surface area (Å²) < 4.78 is 42.8. The molecule has 2 N–H and O–H groups in total. The van der Waals surface area contributed by atoms with E-state index < -0.39 is 27.9 Å². The van der Waals surface area contributed by atoms with Crippen LogP contribution in [-0.2, 0) is 14.8 Å². The molecule has 0 bridgehead atoms. The third-order valence-electron chi connectivity index (χ3n) is 3.09. The summed E-state index contributed by atoms with van der Waals surface area (Å²) in [6, 6.07) is 12.6. The summed E-state index contributed by atoms with van der Waals surface area (Å²) in [7, 11) is -4.07. The summed E-state index contributed by atoms with van der Waals surface area (Å²) in [5.74, 6) is -1.59. The Morgan fingerprint density at radius 1 is 1.24 bits per heavy atom. The summed E-state index contributed by atoms with van der Waals surface area (Å²) >= 11 is 0. The highest BCUT2D eigenvalue weighted by Crippen LogP contribution is 2.17. The van der Waals surface area contributed by atoms with Gasteiger partial charge in [0.25, 0.3) is 15.9 Å². The number of hydrogen-bond acceptors (Lipinski definition) is 5. The molecule has 9 heteroatoms. The minimum atomic E-state index is -4.07. The van der Waals surface area contributed by atoms with Gasteiger partial charge in [0, 0.05) is 0 Å². The van der Waals surface area contributed by atoms with Crippen LogP contribution < -0.4 is 15.0 Å². The monoisotopic (exact) mass is 363 g/mol. The number of carbonyl (C=O) groups excluding carboxylic acids is 1. The predicted molar refractivity (Wildman–Crippen MR) is 86.1 cm³/mol. The molecular weight excluding hydrogens is 349 g/mol. The molecule has 0 saturated carbocycles. The van der Waals surface area contributed by atoms with Gasteiger partial charge in [-0.1, -0.05) is 18.2 Å². The molecule has 25 heavy (non-hydrogen) atoms. The van der Waals surface area contributed by atoms with Crippen LogP contribution in [0.4, 0.5) is 4.39 Å². The molecule has 1 amide bonds. The molecule has 0 heterocycles. The second-order valence-corrected chi connectivity index (χ2v) is 6.61. The number of hydrazine groups is 1. The van der Waals surface area contributed by atoms with E-state index in [0.717, 1.165) is 6.07 Å². The van der Waals surface area contributed by atoms with Crippen LogP contribution in [-0.4, -0.2) is 20.4 Å². The highest BCUT2D eigenvalue weighted by Gasteiger charge is 2.20. The van der Waals surface area contributed by atoms with Crippen LogP contribution in [0, 0.1) is 17.1 Å². The topological polar surface area (TPSA) is 108 Å². The van der Waals surface area contributed by atoms with Crippen molar-refractivity contribution < 1.29 is 22.3 Å². The molecule has 2 aromatic rings. The smallest absolute Gasteiger partial charge is 0.275 e. The first-order valence-electron chi connectivity index (χ1n) is 7.06. The van der Waals surface area contributed by atoms with Crippen LogP contribution in [0.25, 0.3) is 0 Å². The maximum absolute atomic E-state index is 13.5. The van der Waals surface area contributed by atoms with Crippen molar-refractivity contribution in [2.45, 2.75) is 17.9 Å². The van der Waals surface area contributed by atoms with E-state index in [9.17, 15) is 17.6 Å². The van der Waals surface area contributed by atoms with E-state index in [1.54, 1.807) is 0 Å². The van der Waals surface area contributed by atoms with Gasteiger partial charge in [-0.05, 0) is 37.3 Å². The van der Waals surface area contributed by atoms with Gasteiger partial charge >= 0.3 is 0 Å². The molecule has 0 radical (unpaired) electrons. The average Bonchev–Trinajstić information content (AvgIpc) is 2.61. The largest absolute Gasteiger partial charge is 0.478 e.